The Labute approximate surface area is 141 Å². The third kappa shape index (κ3) is 3.51. The number of esters is 1. The van der Waals surface area contributed by atoms with Gasteiger partial charge in [-0.25, -0.2) is 4.79 Å². The van der Waals surface area contributed by atoms with E-state index >= 15 is 0 Å². The molecule has 2 aromatic heterocycles. The number of aromatic amines is 1. The first kappa shape index (κ1) is 17.8. The van der Waals surface area contributed by atoms with Crippen LogP contribution < -0.4 is 5.32 Å². The molecule has 2 N–H and O–H groups in total. The highest BCUT2D eigenvalue weighted by molar-refractivity contribution is 6.00. The molecule has 0 aliphatic rings. The lowest BCUT2D eigenvalue weighted by atomic mass is 10.1. The molecule has 0 saturated carbocycles. The maximum Gasteiger partial charge on any atom is 0.339 e. The summed E-state index contributed by atoms with van der Waals surface area (Å²) in [5, 5.41) is 2.88. The number of methoxy groups -OCH3 is 1. The summed E-state index contributed by atoms with van der Waals surface area (Å²) >= 11 is 0. The second-order valence-corrected chi connectivity index (χ2v) is 5.82. The van der Waals surface area contributed by atoms with Crippen molar-refractivity contribution in [1.82, 2.24) is 15.2 Å². The van der Waals surface area contributed by atoms with Gasteiger partial charge in [0.05, 0.1) is 25.0 Å². The average Bonchev–Trinajstić information content (AvgIpc) is 3.15. The van der Waals surface area contributed by atoms with Crippen molar-refractivity contribution in [2.45, 2.75) is 19.9 Å². The van der Waals surface area contributed by atoms with E-state index in [2.05, 4.69) is 10.3 Å². The van der Waals surface area contributed by atoms with Gasteiger partial charge in [0, 0.05) is 12.2 Å². The summed E-state index contributed by atoms with van der Waals surface area (Å²) < 4.78 is 10.2. The molecular formula is C17H23N3O4. The number of amides is 1. The van der Waals surface area contributed by atoms with Crippen LogP contribution in [0.3, 0.4) is 0 Å². The number of aryl methyl sites for hydroxylation is 1. The Morgan fingerprint density at radius 2 is 2.08 bits per heavy atom. The van der Waals surface area contributed by atoms with Crippen LogP contribution in [0.25, 0.3) is 0 Å². The van der Waals surface area contributed by atoms with Crippen molar-refractivity contribution in [1.29, 1.82) is 0 Å². The molecule has 1 amide bonds. The Hall–Kier alpha value is -2.54. The lowest BCUT2D eigenvalue weighted by molar-refractivity contribution is 0.0599. The van der Waals surface area contributed by atoms with Crippen molar-refractivity contribution in [3.63, 3.8) is 0 Å². The van der Waals surface area contributed by atoms with Crippen LogP contribution in [0.4, 0.5) is 0 Å². The lowest BCUT2D eigenvalue weighted by Gasteiger charge is -2.22. The van der Waals surface area contributed by atoms with E-state index < -0.39 is 5.97 Å². The van der Waals surface area contributed by atoms with Gasteiger partial charge < -0.3 is 19.5 Å². The Balaban J connectivity index is 2.14. The number of H-pyrrole nitrogens is 1. The van der Waals surface area contributed by atoms with Crippen LogP contribution >= 0.6 is 0 Å². The van der Waals surface area contributed by atoms with Gasteiger partial charge in [0.25, 0.3) is 5.91 Å². The van der Waals surface area contributed by atoms with Crippen LogP contribution in [0.15, 0.2) is 22.8 Å². The minimum atomic E-state index is -0.456. The predicted octanol–water partition coefficient (Wildman–Crippen LogP) is 2.04. The van der Waals surface area contributed by atoms with Crippen molar-refractivity contribution in [3.05, 3.63) is 46.7 Å². The van der Waals surface area contributed by atoms with E-state index in [4.69, 9.17) is 9.15 Å². The number of rotatable bonds is 6. The lowest BCUT2D eigenvalue weighted by Crippen LogP contribution is -2.34. The smallest absolute Gasteiger partial charge is 0.339 e. The van der Waals surface area contributed by atoms with Crippen molar-refractivity contribution in [3.8, 4) is 0 Å². The molecule has 0 fully saturated rings. The van der Waals surface area contributed by atoms with E-state index in [0.29, 0.717) is 29.1 Å². The van der Waals surface area contributed by atoms with E-state index in [1.807, 2.05) is 31.1 Å². The second-order valence-electron chi connectivity index (χ2n) is 5.82. The first-order valence-corrected chi connectivity index (χ1v) is 7.62. The summed E-state index contributed by atoms with van der Waals surface area (Å²) in [5.74, 6) is 0.0427. The van der Waals surface area contributed by atoms with Gasteiger partial charge in [-0.05, 0) is 45.6 Å². The number of hydrogen-bond donors (Lipinski definition) is 2. The van der Waals surface area contributed by atoms with Gasteiger partial charge in [-0.3, -0.25) is 9.69 Å². The fourth-order valence-corrected chi connectivity index (χ4v) is 2.68. The third-order valence-electron chi connectivity index (χ3n) is 4.01. The van der Waals surface area contributed by atoms with Gasteiger partial charge in [-0.1, -0.05) is 0 Å². The SMILES string of the molecule is COC(=O)c1c(C)[nH]c(C(=O)NC[C@H](c2ccco2)N(C)C)c1C. The van der Waals surface area contributed by atoms with Gasteiger partial charge in [0.2, 0.25) is 0 Å². The van der Waals surface area contributed by atoms with Crippen LogP contribution in [0.5, 0.6) is 0 Å². The standard InChI is InChI=1S/C17H23N3O4/c1-10-14(17(22)23-5)11(2)19-15(10)16(21)18-9-12(20(3)4)13-7-6-8-24-13/h6-8,12,19H,9H2,1-5H3,(H,18,21)/t12-/m1/s1. The number of aromatic nitrogens is 1. The highest BCUT2D eigenvalue weighted by Gasteiger charge is 2.24. The van der Waals surface area contributed by atoms with Crippen LogP contribution in [0.2, 0.25) is 0 Å². The summed E-state index contributed by atoms with van der Waals surface area (Å²) in [4.78, 5) is 29.2. The highest BCUT2D eigenvalue weighted by atomic mass is 16.5. The zero-order chi connectivity index (χ0) is 17.9. The summed E-state index contributed by atoms with van der Waals surface area (Å²) in [5.41, 5.74) is 1.96. The van der Waals surface area contributed by atoms with E-state index in [1.165, 1.54) is 7.11 Å². The second kappa shape index (κ2) is 7.35. The first-order chi connectivity index (χ1) is 11.4. The van der Waals surface area contributed by atoms with Gasteiger partial charge >= 0.3 is 5.97 Å². The predicted molar refractivity (Wildman–Crippen MR) is 89.1 cm³/mol. The van der Waals surface area contributed by atoms with Gasteiger partial charge in [0.15, 0.2) is 0 Å². The Bertz CT molecular complexity index is 717. The molecule has 2 heterocycles. The molecule has 0 spiro atoms. The number of likely N-dealkylation sites (N-methyl/N-ethyl adjacent to an activating group) is 1. The maximum absolute atomic E-state index is 12.5. The minimum absolute atomic E-state index is 0.0830. The molecule has 0 radical (unpaired) electrons. The van der Waals surface area contributed by atoms with Crippen LogP contribution in [-0.2, 0) is 4.74 Å². The third-order valence-corrected chi connectivity index (χ3v) is 4.01. The van der Waals surface area contributed by atoms with E-state index in [-0.39, 0.29) is 11.9 Å². The molecule has 2 aromatic rings. The van der Waals surface area contributed by atoms with Crippen LogP contribution in [0.1, 0.15) is 43.9 Å². The molecule has 0 unspecified atom stereocenters. The fourth-order valence-electron chi connectivity index (χ4n) is 2.68. The van der Waals surface area contributed by atoms with Gasteiger partial charge in [0.1, 0.15) is 11.5 Å². The summed E-state index contributed by atoms with van der Waals surface area (Å²) in [6.45, 7) is 3.84. The van der Waals surface area contributed by atoms with Crippen LogP contribution in [-0.4, -0.2) is 49.5 Å². The molecule has 2 rings (SSSR count). The number of nitrogens with zero attached hydrogens (tertiary/aromatic N) is 1. The average molecular weight is 333 g/mol. The summed E-state index contributed by atoms with van der Waals surface area (Å²) in [7, 11) is 5.15. The minimum Gasteiger partial charge on any atom is -0.468 e. The number of ether oxygens (including phenoxy) is 1. The zero-order valence-corrected chi connectivity index (χ0v) is 14.6. The van der Waals surface area contributed by atoms with Gasteiger partial charge in [-0.15, -0.1) is 0 Å². The van der Waals surface area contributed by atoms with Crippen LogP contribution in [0, 0.1) is 13.8 Å². The maximum atomic E-state index is 12.5. The Morgan fingerprint density at radius 1 is 1.38 bits per heavy atom. The number of furan rings is 1. The quantitative estimate of drug-likeness (QED) is 0.790. The zero-order valence-electron chi connectivity index (χ0n) is 14.6. The molecule has 0 aromatic carbocycles. The summed E-state index contributed by atoms with van der Waals surface area (Å²) in [6.07, 6.45) is 1.61. The molecule has 7 heteroatoms. The Morgan fingerprint density at radius 3 is 2.62 bits per heavy atom. The summed E-state index contributed by atoms with van der Waals surface area (Å²) in [6, 6.07) is 3.60. The normalized spacial score (nSPS) is 12.2. The monoisotopic (exact) mass is 333 g/mol. The van der Waals surface area contributed by atoms with Crippen molar-refractivity contribution >= 4 is 11.9 Å². The molecule has 0 aliphatic carbocycles. The van der Waals surface area contributed by atoms with E-state index in [0.717, 1.165) is 5.76 Å². The number of nitrogens with one attached hydrogen (secondary N) is 2. The molecule has 0 bridgehead atoms. The Kier molecular flexibility index (Phi) is 5.46. The van der Waals surface area contributed by atoms with Crippen molar-refractivity contribution in [2.75, 3.05) is 27.7 Å². The largest absolute Gasteiger partial charge is 0.468 e. The number of carbonyl (C=O) groups is 2. The molecule has 130 valence electrons. The molecule has 7 nitrogen and oxygen atoms in total. The molecular weight excluding hydrogens is 310 g/mol. The highest BCUT2D eigenvalue weighted by Crippen LogP contribution is 2.20. The molecule has 24 heavy (non-hydrogen) atoms. The van der Waals surface area contributed by atoms with Crippen molar-refractivity contribution in [2.24, 2.45) is 0 Å². The van der Waals surface area contributed by atoms with Gasteiger partial charge in [-0.2, -0.15) is 0 Å². The van der Waals surface area contributed by atoms with E-state index in [9.17, 15) is 9.59 Å². The first-order valence-electron chi connectivity index (χ1n) is 7.62. The fraction of sp³-hybridized carbons (Fsp3) is 0.412. The van der Waals surface area contributed by atoms with E-state index in [1.54, 1.807) is 20.1 Å². The molecule has 0 saturated heterocycles. The number of hydrogen-bond acceptors (Lipinski definition) is 5. The van der Waals surface area contributed by atoms with Crippen molar-refractivity contribution < 1.29 is 18.7 Å². The molecule has 0 aliphatic heterocycles. The number of carbonyl (C=O) groups excluding carboxylic acids is 2. The topological polar surface area (TPSA) is 87.6 Å². The molecule has 1 atom stereocenters.